The Hall–Kier alpha value is -2.20. The molecule has 0 radical (unpaired) electrons. The standard InChI is InChI=1S/C19H32N4O6/c24-12-16(25)22-15(19(28)29)10-21-18(27)14-2-1-9-23(11-14)17(26)4-3-13-5-7-20-8-6-13/h13-15,20,24H,1-12H2,(H,21,27)(H,22,25)(H,28,29)/t14-,15+/m1/s1. The average Bonchev–Trinajstić information content (AvgIpc) is 2.75. The molecule has 0 aromatic heterocycles. The molecule has 0 unspecified atom stereocenters. The van der Waals surface area contributed by atoms with E-state index in [2.05, 4.69) is 16.0 Å². The van der Waals surface area contributed by atoms with Gasteiger partial charge in [0.05, 0.1) is 5.92 Å². The molecular formula is C19H32N4O6. The second kappa shape index (κ2) is 11.7. The summed E-state index contributed by atoms with van der Waals surface area (Å²) in [4.78, 5) is 49.1. The Bertz CT molecular complexity index is 593. The lowest BCUT2D eigenvalue weighted by Gasteiger charge is -2.33. The third kappa shape index (κ3) is 7.62. The van der Waals surface area contributed by atoms with Crippen molar-refractivity contribution >= 4 is 23.7 Å². The fourth-order valence-corrected chi connectivity index (χ4v) is 3.86. The minimum atomic E-state index is -1.31. The Balaban J connectivity index is 1.77. The molecule has 0 bridgehead atoms. The van der Waals surface area contributed by atoms with Gasteiger partial charge < -0.3 is 31.1 Å². The number of carboxylic acids is 1. The minimum absolute atomic E-state index is 0.0691. The van der Waals surface area contributed by atoms with Crippen LogP contribution in [0.4, 0.5) is 0 Å². The number of rotatable bonds is 9. The highest BCUT2D eigenvalue weighted by Gasteiger charge is 2.30. The molecule has 2 heterocycles. The summed E-state index contributed by atoms with van der Waals surface area (Å²) in [6, 6.07) is -1.31. The molecule has 2 saturated heterocycles. The predicted octanol–water partition coefficient (Wildman–Crippen LogP) is -1.32. The first-order valence-corrected chi connectivity index (χ1v) is 10.3. The number of aliphatic carboxylic acids is 1. The maximum absolute atomic E-state index is 12.5. The normalized spacial score (nSPS) is 21.3. The lowest BCUT2D eigenvalue weighted by molar-refractivity contribution is -0.142. The molecule has 2 aliphatic rings. The van der Waals surface area contributed by atoms with Crippen molar-refractivity contribution in [3.63, 3.8) is 0 Å². The lowest BCUT2D eigenvalue weighted by atomic mass is 9.92. The number of nitrogens with zero attached hydrogens (tertiary/aromatic N) is 1. The van der Waals surface area contributed by atoms with E-state index in [-0.39, 0.29) is 18.4 Å². The highest BCUT2D eigenvalue weighted by atomic mass is 16.4. The number of piperidine rings is 2. The van der Waals surface area contributed by atoms with Crippen LogP contribution in [-0.4, -0.2) is 84.2 Å². The zero-order chi connectivity index (χ0) is 21.2. The van der Waals surface area contributed by atoms with Gasteiger partial charge in [0.25, 0.3) is 0 Å². The number of carbonyl (C=O) groups is 4. The number of carboxylic acid groups (broad SMARTS) is 1. The van der Waals surface area contributed by atoms with Gasteiger partial charge >= 0.3 is 5.97 Å². The molecule has 0 aromatic rings. The Kier molecular flexibility index (Phi) is 9.33. The van der Waals surface area contributed by atoms with E-state index in [1.54, 1.807) is 4.90 Å². The highest BCUT2D eigenvalue weighted by Crippen LogP contribution is 2.21. The zero-order valence-corrected chi connectivity index (χ0v) is 16.7. The van der Waals surface area contributed by atoms with Gasteiger partial charge in [-0.25, -0.2) is 4.79 Å². The van der Waals surface area contributed by atoms with Crippen LogP contribution in [0.15, 0.2) is 0 Å². The fraction of sp³-hybridized carbons (Fsp3) is 0.789. The van der Waals surface area contributed by atoms with Crippen molar-refractivity contribution in [3.8, 4) is 0 Å². The molecule has 2 atom stereocenters. The van der Waals surface area contributed by atoms with E-state index in [1.807, 2.05) is 0 Å². The van der Waals surface area contributed by atoms with Crippen molar-refractivity contribution in [3.05, 3.63) is 0 Å². The van der Waals surface area contributed by atoms with Crippen LogP contribution in [0.2, 0.25) is 0 Å². The van der Waals surface area contributed by atoms with Crippen LogP contribution in [0.1, 0.15) is 38.5 Å². The Morgan fingerprint density at radius 2 is 1.86 bits per heavy atom. The molecule has 10 heteroatoms. The summed E-state index contributed by atoms with van der Waals surface area (Å²) in [6.07, 6.45) is 4.91. The molecule has 0 spiro atoms. The number of nitrogens with one attached hydrogen (secondary N) is 3. The first-order valence-electron chi connectivity index (χ1n) is 10.3. The van der Waals surface area contributed by atoms with E-state index in [9.17, 15) is 19.2 Å². The smallest absolute Gasteiger partial charge is 0.328 e. The van der Waals surface area contributed by atoms with E-state index >= 15 is 0 Å². The topological polar surface area (TPSA) is 148 Å². The largest absolute Gasteiger partial charge is 0.480 e. The van der Waals surface area contributed by atoms with E-state index < -0.39 is 30.4 Å². The second-order valence-electron chi connectivity index (χ2n) is 7.77. The molecule has 2 rings (SSSR count). The van der Waals surface area contributed by atoms with Crippen molar-refractivity contribution in [1.82, 2.24) is 20.9 Å². The van der Waals surface area contributed by atoms with Gasteiger partial charge in [0.2, 0.25) is 17.7 Å². The molecule has 5 N–H and O–H groups in total. The van der Waals surface area contributed by atoms with Gasteiger partial charge in [-0.3, -0.25) is 14.4 Å². The first kappa shape index (κ1) is 23.1. The maximum Gasteiger partial charge on any atom is 0.328 e. The molecule has 164 valence electrons. The summed E-state index contributed by atoms with van der Waals surface area (Å²) in [6.45, 7) is 1.87. The number of hydrogen-bond acceptors (Lipinski definition) is 6. The van der Waals surface area contributed by atoms with Crippen LogP contribution < -0.4 is 16.0 Å². The molecule has 29 heavy (non-hydrogen) atoms. The van der Waals surface area contributed by atoms with Gasteiger partial charge in [-0.15, -0.1) is 0 Å². The SMILES string of the molecule is O=C(CO)N[C@@H](CNC(=O)[C@@H]1CCCN(C(=O)CCC2CCNCC2)C1)C(=O)O. The molecule has 3 amide bonds. The third-order valence-electron chi connectivity index (χ3n) is 5.63. The summed E-state index contributed by atoms with van der Waals surface area (Å²) >= 11 is 0. The van der Waals surface area contributed by atoms with Gasteiger partial charge in [-0.2, -0.15) is 0 Å². The molecule has 10 nitrogen and oxygen atoms in total. The van der Waals surface area contributed by atoms with E-state index in [1.165, 1.54) is 0 Å². The van der Waals surface area contributed by atoms with Crippen molar-refractivity contribution in [2.45, 2.75) is 44.6 Å². The molecular weight excluding hydrogens is 380 g/mol. The Morgan fingerprint density at radius 3 is 2.52 bits per heavy atom. The number of likely N-dealkylation sites (tertiary alicyclic amines) is 1. The van der Waals surface area contributed by atoms with E-state index in [0.717, 1.165) is 38.8 Å². The predicted molar refractivity (Wildman–Crippen MR) is 104 cm³/mol. The summed E-state index contributed by atoms with van der Waals surface area (Å²) in [7, 11) is 0. The van der Waals surface area contributed by atoms with Crippen LogP contribution >= 0.6 is 0 Å². The van der Waals surface area contributed by atoms with Crippen molar-refractivity contribution in [2.24, 2.45) is 11.8 Å². The number of carbonyl (C=O) groups excluding carboxylic acids is 3. The lowest BCUT2D eigenvalue weighted by Crippen LogP contribution is -2.51. The number of aliphatic hydroxyl groups excluding tert-OH is 1. The first-order chi connectivity index (χ1) is 13.9. The van der Waals surface area contributed by atoms with Crippen molar-refractivity contribution in [1.29, 1.82) is 0 Å². The molecule has 0 aliphatic carbocycles. The molecule has 2 aliphatic heterocycles. The zero-order valence-electron chi connectivity index (χ0n) is 16.7. The fourth-order valence-electron chi connectivity index (χ4n) is 3.86. The molecule has 0 saturated carbocycles. The van der Waals surface area contributed by atoms with Gasteiger partial charge in [-0.1, -0.05) is 0 Å². The second-order valence-corrected chi connectivity index (χ2v) is 7.77. The summed E-state index contributed by atoms with van der Waals surface area (Å²) in [5.74, 6) is -2.20. The van der Waals surface area contributed by atoms with Crippen LogP contribution in [0, 0.1) is 11.8 Å². The van der Waals surface area contributed by atoms with Gasteiger partial charge in [0, 0.05) is 26.1 Å². The summed E-state index contributed by atoms with van der Waals surface area (Å²) < 4.78 is 0. The van der Waals surface area contributed by atoms with Crippen LogP contribution in [0.5, 0.6) is 0 Å². The van der Waals surface area contributed by atoms with Gasteiger partial charge in [-0.05, 0) is 51.1 Å². The number of amides is 3. The van der Waals surface area contributed by atoms with Gasteiger partial charge in [0.1, 0.15) is 12.6 Å². The summed E-state index contributed by atoms with van der Waals surface area (Å²) in [5.41, 5.74) is 0. The molecule has 0 aromatic carbocycles. The van der Waals surface area contributed by atoms with Crippen molar-refractivity contribution < 1.29 is 29.4 Å². The monoisotopic (exact) mass is 412 g/mol. The van der Waals surface area contributed by atoms with Crippen LogP contribution in [0.3, 0.4) is 0 Å². The van der Waals surface area contributed by atoms with E-state index in [4.69, 9.17) is 10.2 Å². The highest BCUT2D eigenvalue weighted by molar-refractivity contribution is 5.85. The summed E-state index contributed by atoms with van der Waals surface area (Å²) in [5, 5.41) is 25.8. The third-order valence-corrected chi connectivity index (χ3v) is 5.63. The quantitative estimate of drug-likeness (QED) is 0.315. The van der Waals surface area contributed by atoms with Crippen molar-refractivity contribution in [2.75, 3.05) is 39.3 Å². The van der Waals surface area contributed by atoms with Crippen LogP contribution in [0.25, 0.3) is 0 Å². The van der Waals surface area contributed by atoms with Gasteiger partial charge in [0.15, 0.2) is 0 Å². The maximum atomic E-state index is 12.5. The minimum Gasteiger partial charge on any atom is -0.480 e. The number of hydrogen-bond donors (Lipinski definition) is 5. The molecule has 2 fully saturated rings. The Labute approximate surface area is 170 Å². The van der Waals surface area contributed by atoms with E-state index in [0.29, 0.717) is 31.8 Å². The Morgan fingerprint density at radius 1 is 1.14 bits per heavy atom. The van der Waals surface area contributed by atoms with Crippen LogP contribution in [-0.2, 0) is 19.2 Å². The number of aliphatic hydroxyl groups is 1. The average molecular weight is 412 g/mol.